The van der Waals surface area contributed by atoms with Crippen molar-refractivity contribution in [2.24, 2.45) is 5.41 Å². The Hall–Kier alpha value is -1.06. The van der Waals surface area contributed by atoms with Gasteiger partial charge < -0.3 is 14.8 Å². The van der Waals surface area contributed by atoms with Crippen molar-refractivity contribution >= 4 is 0 Å². The predicted molar refractivity (Wildman–Crippen MR) is 82.3 cm³/mol. The average molecular weight is 277 g/mol. The zero-order valence-corrected chi connectivity index (χ0v) is 12.9. The second kappa shape index (κ2) is 7.09. The number of nitrogens with one attached hydrogen (secondary N) is 1. The maximum atomic E-state index is 5.20. The topological polar surface area (TPSA) is 30.5 Å². The van der Waals surface area contributed by atoms with E-state index < -0.39 is 0 Å². The van der Waals surface area contributed by atoms with Gasteiger partial charge in [-0.25, -0.2) is 0 Å². The van der Waals surface area contributed by atoms with Crippen LogP contribution in [0.3, 0.4) is 0 Å². The summed E-state index contributed by atoms with van der Waals surface area (Å²) in [4.78, 5) is 0. The quantitative estimate of drug-likeness (QED) is 0.752. The van der Waals surface area contributed by atoms with Gasteiger partial charge in [0.1, 0.15) is 5.75 Å². The molecule has 0 spiro atoms. The van der Waals surface area contributed by atoms with Crippen molar-refractivity contribution in [1.82, 2.24) is 5.32 Å². The molecule has 1 aromatic rings. The second-order valence-corrected chi connectivity index (χ2v) is 6.08. The first kappa shape index (κ1) is 15.3. The highest BCUT2D eigenvalue weighted by atomic mass is 16.5. The van der Waals surface area contributed by atoms with E-state index in [-0.39, 0.29) is 0 Å². The normalized spacial score (nSPS) is 17.8. The van der Waals surface area contributed by atoms with Crippen molar-refractivity contribution < 1.29 is 9.47 Å². The fourth-order valence-electron chi connectivity index (χ4n) is 2.59. The molecule has 20 heavy (non-hydrogen) atoms. The molecule has 0 heterocycles. The largest absolute Gasteiger partial charge is 0.497 e. The number of hydrogen-bond acceptors (Lipinski definition) is 3. The van der Waals surface area contributed by atoms with Gasteiger partial charge in [0.15, 0.2) is 0 Å². The van der Waals surface area contributed by atoms with Gasteiger partial charge in [-0.05, 0) is 55.7 Å². The summed E-state index contributed by atoms with van der Waals surface area (Å²) in [7, 11) is 3.49. The molecule has 2 rings (SSSR count). The molecule has 1 aliphatic carbocycles. The molecule has 1 fully saturated rings. The molecule has 1 saturated carbocycles. The molecule has 0 radical (unpaired) electrons. The van der Waals surface area contributed by atoms with Gasteiger partial charge >= 0.3 is 0 Å². The van der Waals surface area contributed by atoms with E-state index in [1.54, 1.807) is 14.2 Å². The van der Waals surface area contributed by atoms with Gasteiger partial charge in [0, 0.05) is 26.3 Å². The van der Waals surface area contributed by atoms with E-state index in [9.17, 15) is 0 Å². The van der Waals surface area contributed by atoms with Gasteiger partial charge in [-0.2, -0.15) is 0 Å². The molecule has 1 aliphatic rings. The highest BCUT2D eigenvalue weighted by Gasteiger charge is 2.41. The van der Waals surface area contributed by atoms with Crippen LogP contribution in [-0.4, -0.2) is 33.4 Å². The standard InChI is InChI=1S/C17H27NO2/c1-14(12-15-4-6-16(20-3)7-5-15)18-13-17(8-9-17)10-11-19-2/h4-7,14,18H,8-13H2,1-3H3. The maximum Gasteiger partial charge on any atom is 0.118 e. The molecular formula is C17H27NO2. The van der Waals surface area contributed by atoms with Crippen LogP contribution in [0, 0.1) is 5.41 Å². The fourth-order valence-corrected chi connectivity index (χ4v) is 2.59. The van der Waals surface area contributed by atoms with Crippen molar-refractivity contribution in [2.75, 3.05) is 27.4 Å². The fraction of sp³-hybridized carbons (Fsp3) is 0.647. The van der Waals surface area contributed by atoms with Crippen molar-refractivity contribution in [3.63, 3.8) is 0 Å². The molecule has 3 nitrogen and oxygen atoms in total. The highest BCUT2D eigenvalue weighted by Crippen LogP contribution is 2.48. The molecule has 0 bridgehead atoms. The number of benzene rings is 1. The SMILES string of the molecule is COCCC1(CNC(C)Cc2ccc(OC)cc2)CC1. The molecule has 1 aromatic carbocycles. The molecule has 0 aliphatic heterocycles. The Morgan fingerprint density at radius 1 is 1.20 bits per heavy atom. The maximum absolute atomic E-state index is 5.20. The lowest BCUT2D eigenvalue weighted by atomic mass is 10.0. The van der Waals surface area contributed by atoms with E-state index in [0.717, 1.165) is 25.3 Å². The van der Waals surface area contributed by atoms with Gasteiger partial charge in [0.2, 0.25) is 0 Å². The molecule has 1 N–H and O–H groups in total. The third-order valence-electron chi connectivity index (χ3n) is 4.32. The van der Waals surface area contributed by atoms with Gasteiger partial charge in [0.05, 0.1) is 7.11 Å². The summed E-state index contributed by atoms with van der Waals surface area (Å²) in [5.41, 5.74) is 1.87. The van der Waals surface area contributed by atoms with E-state index in [1.165, 1.54) is 24.8 Å². The Bertz CT molecular complexity index is 398. The van der Waals surface area contributed by atoms with Crippen LogP contribution in [0.1, 0.15) is 31.7 Å². The van der Waals surface area contributed by atoms with Crippen LogP contribution < -0.4 is 10.1 Å². The van der Waals surface area contributed by atoms with Crippen LogP contribution >= 0.6 is 0 Å². The lowest BCUT2D eigenvalue weighted by molar-refractivity contribution is 0.170. The lowest BCUT2D eigenvalue weighted by Gasteiger charge is -2.20. The van der Waals surface area contributed by atoms with Crippen molar-refractivity contribution in [3.05, 3.63) is 29.8 Å². The monoisotopic (exact) mass is 277 g/mol. The Kier molecular flexibility index (Phi) is 5.44. The smallest absolute Gasteiger partial charge is 0.118 e. The minimum absolute atomic E-state index is 0.503. The number of hydrogen-bond donors (Lipinski definition) is 1. The predicted octanol–water partition coefficient (Wildman–Crippen LogP) is 3.03. The van der Waals surface area contributed by atoms with Crippen LogP contribution in [0.15, 0.2) is 24.3 Å². The summed E-state index contributed by atoms with van der Waals surface area (Å²) in [5, 5.41) is 3.68. The van der Waals surface area contributed by atoms with Crippen LogP contribution in [0.5, 0.6) is 5.75 Å². The molecule has 0 saturated heterocycles. The first-order chi connectivity index (χ1) is 9.67. The molecule has 0 amide bonds. The van der Waals surface area contributed by atoms with Gasteiger partial charge in [-0.15, -0.1) is 0 Å². The third kappa shape index (κ3) is 4.50. The Morgan fingerprint density at radius 2 is 1.90 bits per heavy atom. The molecule has 112 valence electrons. The van der Waals surface area contributed by atoms with Crippen molar-refractivity contribution in [1.29, 1.82) is 0 Å². The van der Waals surface area contributed by atoms with Crippen LogP contribution in [-0.2, 0) is 11.2 Å². The second-order valence-electron chi connectivity index (χ2n) is 6.08. The Labute approximate surface area is 122 Å². The van der Waals surface area contributed by atoms with E-state index >= 15 is 0 Å². The number of rotatable bonds is 9. The zero-order valence-electron chi connectivity index (χ0n) is 12.9. The van der Waals surface area contributed by atoms with Gasteiger partial charge in [-0.1, -0.05) is 12.1 Å². The van der Waals surface area contributed by atoms with Crippen molar-refractivity contribution in [2.45, 2.75) is 38.6 Å². The van der Waals surface area contributed by atoms with Crippen molar-refractivity contribution in [3.8, 4) is 5.75 Å². The summed E-state index contributed by atoms with van der Waals surface area (Å²) >= 11 is 0. The Balaban J connectivity index is 1.73. The van der Waals surface area contributed by atoms with Crippen LogP contribution in [0.4, 0.5) is 0 Å². The average Bonchev–Trinajstić information content (AvgIpc) is 3.24. The van der Waals surface area contributed by atoms with Gasteiger partial charge in [0.25, 0.3) is 0 Å². The summed E-state index contributed by atoms with van der Waals surface area (Å²) in [5.74, 6) is 0.922. The molecule has 0 aromatic heterocycles. The molecule has 1 unspecified atom stereocenters. The first-order valence-corrected chi connectivity index (χ1v) is 7.53. The number of methoxy groups -OCH3 is 2. The summed E-state index contributed by atoms with van der Waals surface area (Å²) in [6.07, 6.45) is 4.94. The molecule has 1 atom stereocenters. The first-order valence-electron chi connectivity index (χ1n) is 7.53. The third-order valence-corrected chi connectivity index (χ3v) is 4.32. The van der Waals surface area contributed by atoms with Crippen LogP contribution in [0.2, 0.25) is 0 Å². The summed E-state index contributed by atoms with van der Waals surface area (Å²) in [6, 6.07) is 8.86. The lowest BCUT2D eigenvalue weighted by Crippen LogP contribution is -2.34. The molecule has 3 heteroatoms. The van der Waals surface area contributed by atoms with Gasteiger partial charge in [-0.3, -0.25) is 0 Å². The zero-order chi connectivity index (χ0) is 14.4. The summed E-state index contributed by atoms with van der Waals surface area (Å²) in [6.45, 7) is 4.26. The minimum atomic E-state index is 0.503. The van der Waals surface area contributed by atoms with Crippen LogP contribution in [0.25, 0.3) is 0 Å². The van der Waals surface area contributed by atoms with E-state index in [2.05, 4.69) is 24.4 Å². The minimum Gasteiger partial charge on any atom is -0.497 e. The Morgan fingerprint density at radius 3 is 2.45 bits per heavy atom. The van der Waals surface area contributed by atoms with E-state index in [0.29, 0.717) is 11.5 Å². The summed E-state index contributed by atoms with van der Waals surface area (Å²) < 4.78 is 10.4. The number of ether oxygens (including phenoxy) is 2. The van der Waals surface area contributed by atoms with E-state index in [4.69, 9.17) is 9.47 Å². The molecular weight excluding hydrogens is 250 g/mol. The van der Waals surface area contributed by atoms with E-state index in [1.807, 2.05) is 12.1 Å². The highest BCUT2D eigenvalue weighted by molar-refractivity contribution is 5.27.